The van der Waals surface area contributed by atoms with E-state index in [1.807, 2.05) is 25.1 Å². The molecule has 0 saturated carbocycles. The Morgan fingerprint density at radius 3 is 2.79 bits per heavy atom. The number of rotatable bonds is 6. The summed E-state index contributed by atoms with van der Waals surface area (Å²) >= 11 is 0. The minimum atomic E-state index is 0.111. The van der Waals surface area contributed by atoms with E-state index < -0.39 is 0 Å². The van der Waals surface area contributed by atoms with Crippen molar-refractivity contribution < 1.29 is 9.53 Å². The monoisotopic (exact) mass is 331 g/mol. The van der Waals surface area contributed by atoms with E-state index in [9.17, 15) is 4.79 Å². The van der Waals surface area contributed by atoms with Crippen LogP contribution in [0.25, 0.3) is 0 Å². The van der Waals surface area contributed by atoms with Gasteiger partial charge < -0.3 is 10.1 Å². The number of benzene rings is 1. The van der Waals surface area contributed by atoms with Crippen LogP contribution in [0.1, 0.15) is 36.2 Å². The van der Waals surface area contributed by atoms with E-state index >= 15 is 0 Å². The van der Waals surface area contributed by atoms with Gasteiger partial charge in [0.1, 0.15) is 5.75 Å². The lowest BCUT2D eigenvalue weighted by Gasteiger charge is -2.32. The zero-order valence-electron chi connectivity index (χ0n) is 14.9. The van der Waals surface area contributed by atoms with Crippen LogP contribution in [-0.2, 0) is 6.54 Å². The third kappa shape index (κ3) is 4.15. The lowest BCUT2D eigenvalue weighted by Crippen LogP contribution is -2.49. The van der Waals surface area contributed by atoms with Crippen LogP contribution in [-0.4, -0.2) is 67.5 Å². The number of hydrogen-bond donors (Lipinski definition) is 1. The second-order valence-corrected chi connectivity index (χ2v) is 6.78. The molecular formula is C19H29N3O2. The minimum absolute atomic E-state index is 0.111. The molecule has 5 heteroatoms. The van der Waals surface area contributed by atoms with Gasteiger partial charge in [-0.05, 0) is 38.5 Å². The molecule has 1 N–H and O–H groups in total. The second-order valence-electron chi connectivity index (χ2n) is 6.78. The van der Waals surface area contributed by atoms with Gasteiger partial charge in [0, 0.05) is 63.0 Å². The van der Waals surface area contributed by atoms with Crippen LogP contribution in [0, 0.1) is 0 Å². The van der Waals surface area contributed by atoms with Gasteiger partial charge in [-0.25, -0.2) is 0 Å². The highest BCUT2D eigenvalue weighted by Gasteiger charge is 2.28. The number of Topliss-reactive ketones (excluding diaryl/α,β-unsaturated/α-hetero) is 1. The smallest absolute Gasteiger partial charge is 0.159 e. The molecular weight excluding hydrogens is 302 g/mol. The van der Waals surface area contributed by atoms with Gasteiger partial charge in [-0.15, -0.1) is 0 Å². The molecule has 2 heterocycles. The maximum atomic E-state index is 11.7. The number of ether oxygens (including phenoxy) is 1. The predicted molar refractivity (Wildman–Crippen MR) is 95.7 cm³/mol. The van der Waals surface area contributed by atoms with E-state index in [0.29, 0.717) is 12.6 Å². The summed E-state index contributed by atoms with van der Waals surface area (Å²) in [6, 6.07) is 6.48. The van der Waals surface area contributed by atoms with E-state index in [2.05, 4.69) is 15.1 Å². The Labute approximate surface area is 145 Å². The van der Waals surface area contributed by atoms with Gasteiger partial charge in [-0.2, -0.15) is 0 Å². The summed E-state index contributed by atoms with van der Waals surface area (Å²) in [6.45, 7) is 11.9. The van der Waals surface area contributed by atoms with Gasteiger partial charge in [-0.3, -0.25) is 14.6 Å². The van der Waals surface area contributed by atoms with E-state index in [-0.39, 0.29) is 5.78 Å². The van der Waals surface area contributed by atoms with E-state index in [4.69, 9.17) is 4.74 Å². The molecule has 2 saturated heterocycles. The van der Waals surface area contributed by atoms with E-state index in [1.165, 1.54) is 6.42 Å². The number of hydrogen-bond acceptors (Lipinski definition) is 5. The molecule has 3 rings (SSSR count). The van der Waals surface area contributed by atoms with Crippen LogP contribution in [0.3, 0.4) is 0 Å². The number of ketones is 1. The number of carbonyl (C=O) groups excluding carboxylic acids is 1. The predicted octanol–water partition coefficient (Wildman–Crippen LogP) is 1.77. The maximum absolute atomic E-state index is 11.7. The highest BCUT2D eigenvalue weighted by molar-refractivity contribution is 5.94. The quantitative estimate of drug-likeness (QED) is 0.805. The van der Waals surface area contributed by atoms with Crippen molar-refractivity contribution in [1.29, 1.82) is 0 Å². The summed E-state index contributed by atoms with van der Waals surface area (Å²) in [5.41, 5.74) is 1.90. The first-order valence-electron chi connectivity index (χ1n) is 9.11. The molecule has 1 unspecified atom stereocenters. The Hall–Kier alpha value is -1.43. The summed E-state index contributed by atoms with van der Waals surface area (Å²) in [5.74, 6) is 1.02. The van der Waals surface area contributed by atoms with Gasteiger partial charge in [-0.1, -0.05) is 0 Å². The summed E-state index contributed by atoms with van der Waals surface area (Å²) in [7, 11) is 0. The number of nitrogens with zero attached hydrogens (tertiary/aromatic N) is 2. The summed E-state index contributed by atoms with van der Waals surface area (Å²) in [5, 5.41) is 3.42. The molecule has 2 fully saturated rings. The molecule has 1 aromatic carbocycles. The van der Waals surface area contributed by atoms with Crippen LogP contribution in [0.4, 0.5) is 0 Å². The standard InChI is InChI=1S/C19H29N3O2/c1-3-24-19-5-4-16(15(2)23)12-17(19)13-21-9-6-18(14-21)22-10-7-20-8-11-22/h4-5,12,18,20H,3,6-11,13-14H2,1-2H3. The number of piperazine rings is 1. The molecule has 0 aliphatic carbocycles. The molecule has 5 nitrogen and oxygen atoms in total. The molecule has 132 valence electrons. The van der Waals surface area contributed by atoms with Crippen molar-refractivity contribution in [2.45, 2.75) is 32.9 Å². The fourth-order valence-corrected chi connectivity index (χ4v) is 3.76. The first kappa shape index (κ1) is 17.4. The average Bonchev–Trinajstić information content (AvgIpc) is 3.06. The highest BCUT2D eigenvalue weighted by Crippen LogP contribution is 2.25. The SMILES string of the molecule is CCOc1ccc(C(C)=O)cc1CN1CCC(N2CCNCC2)C1. The zero-order chi connectivity index (χ0) is 16.9. The fourth-order valence-electron chi connectivity index (χ4n) is 3.76. The van der Waals surface area contributed by atoms with Crippen molar-refractivity contribution in [3.05, 3.63) is 29.3 Å². The first-order chi connectivity index (χ1) is 11.7. The first-order valence-corrected chi connectivity index (χ1v) is 9.11. The minimum Gasteiger partial charge on any atom is -0.494 e. The number of likely N-dealkylation sites (tertiary alicyclic amines) is 1. The number of nitrogens with one attached hydrogen (secondary N) is 1. The van der Waals surface area contributed by atoms with Crippen molar-refractivity contribution in [3.8, 4) is 5.75 Å². The Balaban J connectivity index is 1.66. The van der Waals surface area contributed by atoms with Crippen molar-refractivity contribution in [2.24, 2.45) is 0 Å². The van der Waals surface area contributed by atoms with Crippen LogP contribution in [0.5, 0.6) is 5.75 Å². The normalized spacial score (nSPS) is 22.7. The second kappa shape index (κ2) is 8.10. The Morgan fingerprint density at radius 2 is 2.08 bits per heavy atom. The maximum Gasteiger partial charge on any atom is 0.159 e. The van der Waals surface area contributed by atoms with Gasteiger partial charge in [0.25, 0.3) is 0 Å². The molecule has 1 atom stereocenters. The van der Waals surface area contributed by atoms with Crippen molar-refractivity contribution in [3.63, 3.8) is 0 Å². The molecule has 24 heavy (non-hydrogen) atoms. The fraction of sp³-hybridized carbons (Fsp3) is 0.632. The molecule has 0 aromatic heterocycles. The largest absolute Gasteiger partial charge is 0.494 e. The van der Waals surface area contributed by atoms with Crippen LogP contribution < -0.4 is 10.1 Å². The zero-order valence-corrected chi connectivity index (χ0v) is 14.9. The van der Waals surface area contributed by atoms with Crippen molar-refractivity contribution in [1.82, 2.24) is 15.1 Å². The van der Waals surface area contributed by atoms with Crippen LogP contribution >= 0.6 is 0 Å². The van der Waals surface area contributed by atoms with Crippen LogP contribution in [0.2, 0.25) is 0 Å². The van der Waals surface area contributed by atoms with Gasteiger partial charge >= 0.3 is 0 Å². The van der Waals surface area contributed by atoms with Crippen molar-refractivity contribution in [2.75, 3.05) is 45.9 Å². The highest BCUT2D eigenvalue weighted by atomic mass is 16.5. The van der Waals surface area contributed by atoms with E-state index in [0.717, 1.165) is 62.7 Å². The average molecular weight is 331 g/mol. The summed E-state index contributed by atoms with van der Waals surface area (Å²) in [6.07, 6.45) is 1.23. The Bertz CT molecular complexity index is 570. The lowest BCUT2D eigenvalue weighted by molar-refractivity contribution is 0.101. The van der Waals surface area contributed by atoms with Gasteiger partial charge in [0.05, 0.1) is 6.61 Å². The third-order valence-electron chi connectivity index (χ3n) is 5.08. The summed E-state index contributed by atoms with van der Waals surface area (Å²) in [4.78, 5) is 16.8. The Kier molecular flexibility index (Phi) is 5.87. The van der Waals surface area contributed by atoms with Gasteiger partial charge in [0.2, 0.25) is 0 Å². The van der Waals surface area contributed by atoms with E-state index in [1.54, 1.807) is 6.92 Å². The molecule has 0 radical (unpaired) electrons. The van der Waals surface area contributed by atoms with Gasteiger partial charge in [0.15, 0.2) is 5.78 Å². The Morgan fingerprint density at radius 1 is 1.29 bits per heavy atom. The molecule has 0 bridgehead atoms. The number of carbonyl (C=O) groups is 1. The summed E-state index contributed by atoms with van der Waals surface area (Å²) < 4.78 is 5.77. The topological polar surface area (TPSA) is 44.8 Å². The molecule has 0 spiro atoms. The molecule has 2 aliphatic heterocycles. The third-order valence-corrected chi connectivity index (χ3v) is 5.08. The molecule has 2 aliphatic rings. The molecule has 0 amide bonds. The lowest BCUT2D eigenvalue weighted by atomic mass is 10.1. The van der Waals surface area contributed by atoms with Crippen molar-refractivity contribution >= 4 is 5.78 Å². The molecule has 1 aromatic rings. The van der Waals surface area contributed by atoms with Crippen LogP contribution in [0.15, 0.2) is 18.2 Å².